The second-order valence-electron chi connectivity index (χ2n) is 5.94. The van der Waals surface area contributed by atoms with Crippen molar-refractivity contribution < 1.29 is 9.53 Å². The number of carbonyl (C=O) groups is 1. The Balaban J connectivity index is 0.00000162. The number of carbonyl (C=O) groups excluding carboxylic acids is 1. The molecule has 0 bridgehead atoms. The van der Waals surface area contributed by atoms with E-state index in [4.69, 9.17) is 4.74 Å². The minimum atomic E-state index is -0.188. The summed E-state index contributed by atoms with van der Waals surface area (Å²) >= 11 is 0. The molecule has 0 aliphatic carbocycles. The van der Waals surface area contributed by atoms with Crippen LogP contribution in [-0.2, 0) is 9.53 Å². The van der Waals surface area contributed by atoms with Gasteiger partial charge in [-0.25, -0.2) is 0 Å². The maximum absolute atomic E-state index is 12.4. The first-order valence-electron chi connectivity index (χ1n) is 6.64. The maximum Gasteiger partial charge on any atom is 0.225 e. The second-order valence-corrected chi connectivity index (χ2v) is 5.94. The first kappa shape index (κ1) is 15.7. The third-order valence-electron chi connectivity index (χ3n) is 3.71. The molecular formula is C13H25ClN2O2. The Hall–Kier alpha value is -0.320. The molecular weight excluding hydrogens is 252 g/mol. The van der Waals surface area contributed by atoms with Crippen LogP contribution >= 0.6 is 12.4 Å². The van der Waals surface area contributed by atoms with Crippen LogP contribution < -0.4 is 5.32 Å². The lowest BCUT2D eigenvalue weighted by Crippen LogP contribution is -2.53. The molecule has 2 atom stereocenters. The van der Waals surface area contributed by atoms with E-state index in [1.54, 1.807) is 0 Å². The molecule has 2 saturated heterocycles. The predicted molar refractivity (Wildman–Crippen MR) is 74.0 cm³/mol. The number of morpholine rings is 1. The third kappa shape index (κ3) is 3.84. The van der Waals surface area contributed by atoms with Crippen LogP contribution in [-0.4, -0.2) is 48.7 Å². The van der Waals surface area contributed by atoms with Crippen molar-refractivity contribution >= 4 is 18.3 Å². The van der Waals surface area contributed by atoms with Crippen molar-refractivity contribution in [1.29, 1.82) is 0 Å². The van der Waals surface area contributed by atoms with Gasteiger partial charge in [-0.1, -0.05) is 0 Å². The number of hydrogen-bond donors (Lipinski definition) is 1. The number of ether oxygens (including phenoxy) is 1. The third-order valence-corrected chi connectivity index (χ3v) is 3.71. The Kier molecular flexibility index (Phi) is 5.44. The van der Waals surface area contributed by atoms with Crippen molar-refractivity contribution in [3.05, 3.63) is 0 Å². The summed E-state index contributed by atoms with van der Waals surface area (Å²) in [6, 6.07) is 0.465. The zero-order chi connectivity index (χ0) is 12.5. The fourth-order valence-corrected chi connectivity index (χ4v) is 2.82. The van der Waals surface area contributed by atoms with E-state index < -0.39 is 0 Å². The average molecular weight is 277 g/mol. The highest BCUT2D eigenvalue weighted by molar-refractivity contribution is 5.85. The van der Waals surface area contributed by atoms with Crippen LogP contribution in [0.25, 0.3) is 0 Å². The normalized spacial score (nSPS) is 31.6. The molecule has 106 valence electrons. The van der Waals surface area contributed by atoms with Crippen LogP contribution in [0.1, 0.15) is 33.6 Å². The summed E-state index contributed by atoms with van der Waals surface area (Å²) in [6.45, 7) is 9.37. The number of hydrogen-bond acceptors (Lipinski definition) is 3. The largest absolute Gasteiger partial charge is 0.372 e. The van der Waals surface area contributed by atoms with Gasteiger partial charge < -0.3 is 15.0 Å². The molecule has 4 nitrogen and oxygen atoms in total. The van der Waals surface area contributed by atoms with Crippen LogP contribution in [0.5, 0.6) is 0 Å². The fraction of sp³-hybridized carbons (Fsp3) is 0.923. The number of rotatable bonds is 1. The Morgan fingerprint density at radius 1 is 1.44 bits per heavy atom. The molecule has 0 aromatic carbocycles. The van der Waals surface area contributed by atoms with Gasteiger partial charge in [0.15, 0.2) is 0 Å². The molecule has 18 heavy (non-hydrogen) atoms. The van der Waals surface area contributed by atoms with E-state index >= 15 is 0 Å². The molecule has 5 heteroatoms. The minimum Gasteiger partial charge on any atom is -0.372 e. The monoisotopic (exact) mass is 276 g/mol. The molecule has 0 saturated carbocycles. The van der Waals surface area contributed by atoms with E-state index in [0.29, 0.717) is 18.6 Å². The van der Waals surface area contributed by atoms with Gasteiger partial charge in [-0.15, -0.1) is 12.4 Å². The molecule has 0 spiro atoms. The van der Waals surface area contributed by atoms with Gasteiger partial charge in [0.05, 0.1) is 12.2 Å². The van der Waals surface area contributed by atoms with Gasteiger partial charge in [0.25, 0.3) is 0 Å². The lowest BCUT2D eigenvalue weighted by Gasteiger charge is -2.40. The van der Waals surface area contributed by atoms with Crippen molar-refractivity contribution in [2.75, 3.05) is 26.2 Å². The molecule has 0 aromatic rings. The number of nitrogens with zero attached hydrogens (tertiary/aromatic N) is 1. The Labute approximate surface area is 116 Å². The van der Waals surface area contributed by atoms with Crippen molar-refractivity contribution in [3.63, 3.8) is 0 Å². The second kappa shape index (κ2) is 6.22. The zero-order valence-corrected chi connectivity index (χ0v) is 12.4. The lowest BCUT2D eigenvalue weighted by atomic mass is 9.91. The summed E-state index contributed by atoms with van der Waals surface area (Å²) in [7, 11) is 0. The van der Waals surface area contributed by atoms with E-state index in [9.17, 15) is 4.79 Å². The van der Waals surface area contributed by atoms with E-state index in [-0.39, 0.29) is 23.9 Å². The van der Waals surface area contributed by atoms with Crippen LogP contribution in [0, 0.1) is 5.92 Å². The molecule has 0 unspecified atom stereocenters. The molecule has 2 aliphatic heterocycles. The van der Waals surface area contributed by atoms with Crippen LogP contribution in [0.4, 0.5) is 0 Å². The molecule has 1 amide bonds. The molecule has 0 radical (unpaired) electrons. The van der Waals surface area contributed by atoms with Crippen LogP contribution in [0.2, 0.25) is 0 Å². The van der Waals surface area contributed by atoms with Crippen LogP contribution in [0.15, 0.2) is 0 Å². The fourth-order valence-electron chi connectivity index (χ4n) is 2.82. The van der Waals surface area contributed by atoms with Gasteiger partial charge in [-0.3, -0.25) is 4.79 Å². The Bertz CT molecular complexity index is 297. The zero-order valence-electron chi connectivity index (χ0n) is 11.6. The van der Waals surface area contributed by atoms with E-state index in [2.05, 4.69) is 26.1 Å². The van der Waals surface area contributed by atoms with Crippen LogP contribution in [0.3, 0.4) is 0 Å². The van der Waals surface area contributed by atoms with Crippen molar-refractivity contribution in [1.82, 2.24) is 10.2 Å². The quantitative estimate of drug-likeness (QED) is 0.788. The summed E-state index contributed by atoms with van der Waals surface area (Å²) in [5.74, 6) is 0.537. The molecule has 2 heterocycles. The smallest absolute Gasteiger partial charge is 0.225 e. The highest BCUT2D eigenvalue weighted by atomic mass is 35.5. The summed E-state index contributed by atoms with van der Waals surface area (Å²) in [5, 5.41) is 3.39. The summed E-state index contributed by atoms with van der Waals surface area (Å²) in [5.41, 5.74) is -0.188. The topological polar surface area (TPSA) is 41.6 Å². The number of halogens is 1. The number of amides is 1. The molecule has 0 aromatic heterocycles. The highest BCUT2D eigenvalue weighted by Crippen LogP contribution is 2.23. The van der Waals surface area contributed by atoms with Crippen molar-refractivity contribution in [2.45, 2.75) is 45.3 Å². The van der Waals surface area contributed by atoms with Gasteiger partial charge in [-0.05, 0) is 40.2 Å². The number of nitrogens with one attached hydrogen (secondary N) is 1. The first-order chi connectivity index (χ1) is 7.98. The molecule has 2 rings (SSSR count). The van der Waals surface area contributed by atoms with Crippen molar-refractivity contribution in [3.8, 4) is 0 Å². The minimum absolute atomic E-state index is 0. The van der Waals surface area contributed by atoms with Gasteiger partial charge in [-0.2, -0.15) is 0 Å². The molecule has 1 N–H and O–H groups in total. The first-order valence-corrected chi connectivity index (χ1v) is 6.64. The predicted octanol–water partition coefficient (Wildman–Crippen LogP) is 1.43. The Morgan fingerprint density at radius 2 is 2.17 bits per heavy atom. The summed E-state index contributed by atoms with van der Waals surface area (Å²) in [6.07, 6.45) is 1.94. The van der Waals surface area contributed by atoms with E-state index in [1.807, 2.05) is 4.90 Å². The highest BCUT2D eigenvalue weighted by Gasteiger charge is 2.34. The summed E-state index contributed by atoms with van der Waals surface area (Å²) < 4.78 is 5.65. The lowest BCUT2D eigenvalue weighted by molar-refractivity contribution is -0.151. The van der Waals surface area contributed by atoms with Crippen molar-refractivity contribution in [2.24, 2.45) is 5.92 Å². The van der Waals surface area contributed by atoms with E-state index in [1.165, 1.54) is 0 Å². The van der Waals surface area contributed by atoms with Gasteiger partial charge in [0.2, 0.25) is 5.91 Å². The summed E-state index contributed by atoms with van der Waals surface area (Å²) in [4.78, 5) is 14.4. The standard InChI is InChI=1S/C13H24N2O2.ClH/c1-10-8-11(4-5-14-10)12(16)15-6-7-17-13(2,3)9-15;/h10-11,14H,4-9H2,1-3H3;1H/t10-,11-;/m0./s1. The maximum atomic E-state index is 12.4. The Morgan fingerprint density at radius 3 is 2.78 bits per heavy atom. The molecule has 2 aliphatic rings. The van der Waals surface area contributed by atoms with E-state index in [0.717, 1.165) is 32.5 Å². The van der Waals surface area contributed by atoms with Gasteiger partial charge in [0, 0.05) is 25.0 Å². The van der Waals surface area contributed by atoms with Gasteiger partial charge >= 0.3 is 0 Å². The van der Waals surface area contributed by atoms with Gasteiger partial charge in [0.1, 0.15) is 0 Å². The number of piperidine rings is 1. The molecule has 2 fully saturated rings. The average Bonchev–Trinajstić information content (AvgIpc) is 2.26. The SMILES string of the molecule is C[C@H]1C[C@@H](C(=O)N2CCOC(C)(C)C2)CCN1.Cl.